The number of aliphatic hydroxyl groups excluding tert-OH is 1. The number of rotatable bonds is 4. The summed E-state index contributed by atoms with van der Waals surface area (Å²) in [5.41, 5.74) is 1.21. The molecule has 0 fully saturated rings. The zero-order chi connectivity index (χ0) is 14.5. The molecule has 2 N–H and O–H groups in total. The Bertz CT molecular complexity index is 672. The highest BCUT2D eigenvalue weighted by Gasteiger charge is 2.15. The molecule has 0 bridgehead atoms. The van der Waals surface area contributed by atoms with Crippen molar-refractivity contribution in [2.75, 3.05) is 11.9 Å². The molecule has 0 saturated carbocycles. The number of aromatic nitrogens is 3. The van der Waals surface area contributed by atoms with Crippen molar-refractivity contribution in [1.29, 1.82) is 5.26 Å². The van der Waals surface area contributed by atoms with Gasteiger partial charge in [0.15, 0.2) is 0 Å². The molecular weight excluding hydrogens is 258 g/mol. The van der Waals surface area contributed by atoms with E-state index >= 15 is 0 Å². The first kappa shape index (κ1) is 13.7. The summed E-state index contributed by atoms with van der Waals surface area (Å²) in [7, 11) is 0. The van der Waals surface area contributed by atoms with E-state index in [1.807, 2.05) is 6.07 Å². The Morgan fingerprint density at radius 1 is 1.55 bits per heavy atom. The number of anilines is 1. The van der Waals surface area contributed by atoms with Crippen LogP contribution in [0.5, 0.6) is 0 Å². The second-order valence-corrected chi connectivity index (χ2v) is 4.08. The molecule has 0 radical (unpaired) electrons. The maximum absolute atomic E-state index is 12.1. The number of aryl methyl sites for hydroxylation is 1. The summed E-state index contributed by atoms with van der Waals surface area (Å²) in [4.78, 5) is 16.2. The molecule has 0 aromatic carbocycles. The summed E-state index contributed by atoms with van der Waals surface area (Å²) in [5.74, 6) is -0.167. The normalized spacial score (nSPS) is 10.1. The van der Waals surface area contributed by atoms with E-state index in [-0.39, 0.29) is 30.2 Å². The molecule has 0 atom stereocenters. The Hall–Kier alpha value is -2.72. The largest absolute Gasteiger partial charge is 0.394 e. The van der Waals surface area contributed by atoms with Crippen LogP contribution in [0, 0.1) is 18.3 Å². The van der Waals surface area contributed by atoms with Crippen molar-refractivity contribution < 1.29 is 9.90 Å². The Labute approximate surface area is 115 Å². The molecule has 0 aliphatic carbocycles. The first-order chi connectivity index (χ1) is 9.65. The number of nitrogens with one attached hydrogen (secondary N) is 1. The molecule has 2 rings (SSSR count). The predicted octanol–water partition coefficient (Wildman–Crippen LogP) is 0.703. The summed E-state index contributed by atoms with van der Waals surface area (Å²) in [6.07, 6.45) is 1.34. The standard InChI is InChI=1S/C13H13N5O2/c1-9-3-2-4-11(16-9)13(20)17-12-10(7-14)8-15-18(12)5-6-19/h2-4,8,19H,5-6H2,1H3,(H,17,20). The van der Waals surface area contributed by atoms with Crippen LogP contribution >= 0.6 is 0 Å². The van der Waals surface area contributed by atoms with E-state index in [9.17, 15) is 4.79 Å². The summed E-state index contributed by atoms with van der Waals surface area (Å²) in [6.45, 7) is 1.84. The Kier molecular flexibility index (Phi) is 4.08. The maximum atomic E-state index is 12.1. The van der Waals surface area contributed by atoms with Crippen LogP contribution in [0.15, 0.2) is 24.4 Å². The van der Waals surface area contributed by atoms with E-state index < -0.39 is 5.91 Å². The van der Waals surface area contributed by atoms with Gasteiger partial charge < -0.3 is 10.4 Å². The van der Waals surface area contributed by atoms with Crippen LogP contribution in [0.3, 0.4) is 0 Å². The molecule has 0 unspecified atom stereocenters. The maximum Gasteiger partial charge on any atom is 0.275 e. The second-order valence-electron chi connectivity index (χ2n) is 4.08. The number of carbonyl (C=O) groups is 1. The fourth-order valence-electron chi connectivity index (χ4n) is 1.70. The highest BCUT2D eigenvalue weighted by Crippen LogP contribution is 2.15. The first-order valence-corrected chi connectivity index (χ1v) is 5.97. The Morgan fingerprint density at radius 3 is 3.00 bits per heavy atom. The fraction of sp³-hybridized carbons (Fsp3) is 0.231. The molecule has 1 amide bonds. The SMILES string of the molecule is Cc1cccc(C(=O)Nc2c(C#N)cnn2CCO)n1. The van der Waals surface area contributed by atoms with Crippen LogP contribution in [0.1, 0.15) is 21.7 Å². The highest BCUT2D eigenvalue weighted by molar-refractivity contribution is 6.03. The van der Waals surface area contributed by atoms with Crippen LogP contribution in [0.25, 0.3) is 0 Å². The third-order valence-electron chi connectivity index (χ3n) is 2.62. The Morgan fingerprint density at radius 2 is 2.35 bits per heavy atom. The fourth-order valence-corrected chi connectivity index (χ4v) is 1.70. The average Bonchev–Trinajstić information content (AvgIpc) is 2.81. The van der Waals surface area contributed by atoms with Gasteiger partial charge in [0.25, 0.3) is 5.91 Å². The van der Waals surface area contributed by atoms with Crippen molar-refractivity contribution in [3.05, 3.63) is 41.3 Å². The molecule has 102 valence electrons. The van der Waals surface area contributed by atoms with Gasteiger partial charge in [0, 0.05) is 5.69 Å². The molecule has 0 aliphatic heterocycles. The number of nitrogens with zero attached hydrogens (tertiary/aromatic N) is 4. The minimum atomic E-state index is -0.426. The molecule has 7 heteroatoms. The molecule has 2 aromatic heterocycles. The number of amides is 1. The minimum Gasteiger partial charge on any atom is -0.394 e. The van der Waals surface area contributed by atoms with Crippen LogP contribution in [0.4, 0.5) is 5.82 Å². The molecule has 2 heterocycles. The van der Waals surface area contributed by atoms with Gasteiger partial charge in [-0.05, 0) is 19.1 Å². The van der Waals surface area contributed by atoms with Gasteiger partial charge in [-0.3, -0.25) is 4.79 Å². The minimum absolute atomic E-state index is 0.141. The zero-order valence-electron chi connectivity index (χ0n) is 10.9. The molecule has 2 aromatic rings. The lowest BCUT2D eigenvalue weighted by molar-refractivity contribution is 0.102. The molecule has 0 saturated heterocycles. The number of pyridine rings is 1. The van der Waals surface area contributed by atoms with Crippen molar-refractivity contribution in [2.24, 2.45) is 0 Å². The number of hydrogen-bond acceptors (Lipinski definition) is 5. The lowest BCUT2D eigenvalue weighted by Gasteiger charge is -2.08. The van der Waals surface area contributed by atoms with E-state index in [2.05, 4.69) is 15.4 Å². The van der Waals surface area contributed by atoms with Crippen LogP contribution in [-0.4, -0.2) is 32.4 Å². The van der Waals surface area contributed by atoms with E-state index in [0.29, 0.717) is 0 Å². The first-order valence-electron chi connectivity index (χ1n) is 5.97. The quantitative estimate of drug-likeness (QED) is 0.852. The van der Waals surface area contributed by atoms with Crippen molar-refractivity contribution in [1.82, 2.24) is 14.8 Å². The van der Waals surface area contributed by atoms with Gasteiger partial charge in [-0.25, -0.2) is 9.67 Å². The number of aliphatic hydroxyl groups is 1. The van der Waals surface area contributed by atoms with Crippen molar-refractivity contribution >= 4 is 11.7 Å². The lowest BCUT2D eigenvalue weighted by atomic mass is 10.3. The Balaban J connectivity index is 2.27. The van der Waals surface area contributed by atoms with Gasteiger partial charge in [0.2, 0.25) is 0 Å². The van der Waals surface area contributed by atoms with E-state index in [4.69, 9.17) is 10.4 Å². The average molecular weight is 271 g/mol. The smallest absolute Gasteiger partial charge is 0.275 e. The summed E-state index contributed by atoms with van der Waals surface area (Å²) >= 11 is 0. The summed E-state index contributed by atoms with van der Waals surface area (Å²) in [5, 5.41) is 24.5. The molecular formula is C13H13N5O2. The molecule has 20 heavy (non-hydrogen) atoms. The van der Waals surface area contributed by atoms with Crippen molar-refractivity contribution in [2.45, 2.75) is 13.5 Å². The third kappa shape index (κ3) is 2.81. The molecule has 0 aliphatic rings. The van der Waals surface area contributed by atoms with E-state index in [1.54, 1.807) is 25.1 Å². The monoisotopic (exact) mass is 271 g/mol. The van der Waals surface area contributed by atoms with Gasteiger partial charge in [0.1, 0.15) is 23.1 Å². The number of hydrogen-bond donors (Lipinski definition) is 2. The molecule has 7 nitrogen and oxygen atoms in total. The van der Waals surface area contributed by atoms with Crippen LogP contribution in [-0.2, 0) is 6.54 Å². The summed E-state index contributed by atoms with van der Waals surface area (Å²) < 4.78 is 1.37. The summed E-state index contributed by atoms with van der Waals surface area (Å²) in [6, 6.07) is 7.04. The van der Waals surface area contributed by atoms with Gasteiger partial charge in [-0.1, -0.05) is 6.07 Å². The third-order valence-corrected chi connectivity index (χ3v) is 2.62. The van der Waals surface area contributed by atoms with Crippen molar-refractivity contribution in [3.8, 4) is 6.07 Å². The van der Waals surface area contributed by atoms with Crippen molar-refractivity contribution in [3.63, 3.8) is 0 Å². The molecule has 0 spiro atoms. The van der Waals surface area contributed by atoms with E-state index in [0.717, 1.165) is 5.69 Å². The van der Waals surface area contributed by atoms with Crippen LogP contribution < -0.4 is 5.32 Å². The van der Waals surface area contributed by atoms with Gasteiger partial charge in [0.05, 0.1) is 19.3 Å². The van der Waals surface area contributed by atoms with Gasteiger partial charge in [-0.2, -0.15) is 10.4 Å². The van der Waals surface area contributed by atoms with Gasteiger partial charge in [-0.15, -0.1) is 0 Å². The zero-order valence-corrected chi connectivity index (χ0v) is 10.9. The topological polar surface area (TPSA) is 104 Å². The number of carbonyl (C=O) groups excluding carboxylic acids is 1. The van der Waals surface area contributed by atoms with Crippen LogP contribution in [0.2, 0.25) is 0 Å². The lowest BCUT2D eigenvalue weighted by Crippen LogP contribution is -2.18. The van der Waals surface area contributed by atoms with E-state index in [1.165, 1.54) is 10.9 Å². The number of nitriles is 1. The second kappa shape index (κ2) is 5.95. The van der Waals surface area contributed by atoms with Gasteiger partial charge >= 0.3 is 0 Å². The highest BCUT2D eigenvalue weighted by atomic mass is 16.3. The predicted molar refractivity (Wildman–Crippen MR) is 71.0 cm³/mol.